The Bertz CT molecular complexity index is 514. The minimum Gasteiger partial charge on any atom is -0.493 e. The van der Waals surface area contributed by atoms with Crippen LogP contribution in [0.1, 0.15) is 23.2 Å². The Morgan fingerprint density at radius 3 is 2.26 bits per heavy atom. The third kappa shape index (κ3) is 4.20. The molecule has 1 atom stereocenters. The number of rotatable bonds is 5. The maximum absolute atomic E-state index is 12.7. The number of carbonyl (C=O) groups excluding carboxylic acids is 1. The lowest BCUT2D eigenvalue weighted by Crippen LogP contribution is -2.46. The quantitative estimate of drug-likeness (QED) is 0.884. The lowest BCUT2D eigenvalue weighted by Gasteiger charge is -2.32. The molecule has 23 heavy (non-hydrogen) atoms. The lowest BCUT2D eigenvalue weighted by atomic mass is 10.0. The molecule has 0 radical (unpaired) electrons. The summed E-state index contributed by atoms with van der Waals surface area (Å²) in [4.78, 5) is 14.6. The molecule has 0 aromatic heterocycles. The Morgan fingerprint density at radius 1 is 1.17 bits per heavy atom. The van der Waals surface area contributed by atoms with E-state index in [1.807, 2.05) is 11.9 Å². The molecule has 0 aliphatic carbocycles. The zero-order chi connectivity index (χ0) is 16.1. The Labute approximate surface area is 143 Å². The van der Waals surface area contributed by atoms with E-state index in [9.17, 15) is 4.79 Å². The molecule has 7 heteroatoms. The first-order chi connectivity index (χ1) is 10.6. The van der Waals surface area contributed by atoms with E-state index in [4.69, 9.17) is 14.2 Å². The van der Waals surface area contributed by atoms with Gasteiger partial charge in [0, 0.05) is 24.7 Å². The van der Waals surface area contributed by atoms with Gasteiger partial charge in [0.25, 0.3) is 5.91 Å². The second-order valence-electron chi connectivity index (χ2n) is 5.29. The van der Waals surface area contributed by atoms with Crippen LogP contribution in [0.2, 0.25) is 0 Å². The molecule has 6 nitrogen and oxygen atoms in total. The van der Waals surface area contributed by atoms with Crippen molar-refractivity contribution >= 4 is 18.3 Å². The highest BCUT2D eigenvalue weighted by molar-refractivity contribution is 5.95. The van der Waals surface area contributed by atoms with Crippen molar-refractivity contribution in [3.8, 4) is 17.2 Å². The van der Waals surface area contributed by atoms with Crippen molar-refractivity contribution in [2.75, 3.05) is 41.5 Å². The summed E-state index contributed by atoms with van der Waals surface area (Å²) in [6.45, 7) is 1.49. The van der Waals surface area contributed by atoms with Gasteiger partial charge in [-0.15, -0.1) is 12.4 Å². The normalized spacial score (nSPS) is 17.2. The van der Waals surface area contributed by atoms with E-state index in [1.165, 1.54) is 0 Å². The van der Waals surface area contributed by atoms with E-state index in [1.54, 1.807) is 33.5 Å². The standard InChI is InChI=1S/C16H24N2O4.ClH/c1-17-12-6-5-7-18(10-12)16(19)11-8-13(20-2)15(22-4)14(9-11)21-3;/h8-9,12,17H,5-7,10H2,1-4H3;1H. The number of amides is 1. The van der Waals surface area contributed by atoms with Crippen molar-refractivity contribution in [1.29, 1.82) is 0 Å². The highest BCUT2D eigenvalue weighted by Crippen LogP contribution is 2.38. The number of methoxy groups -OCH3 is 3. The lowest BCUT2D eigenvalue weighted by molar-refractivity contribution is 0.0697. The molecule has 1 aromatic carbocycles. The predicted molar refractivity (Wildman–Crippen MR) is 91.3 cm³/mol. The Morgan fingerprint density at radius 2 is 1.78 bits per heavy atom. The van der Waals surface area contributed by atoms with Crippen molar-refractivity contribution in [1.82, 2.24) is 10.2 Å². The van der Waals surface area contributed by atoms with Crippen LogP contribution >= 0.6 is 12.4 Å². The summed E-state index contributed by atoms with van der Waals surface area (Å²) in [5.74, 6) is 1.47. The Kier molecular flexibility index (Phi) is 7.45. The van der Waals surface area contributed by atoms with Crippen LogP contribution in [0.3, 0.4) is 0 Å². The first-order valence-electron chi connectivity index (χ1n) is 7.41. The minimum atomic E-state index is -0.0146. The van der Waals surface area contributed by atoms with Crippen LogP contribution in [-0.4, -0.2) is 58.3 Å². The van der Waals surface area contributed by atoms with Gasteiger partial charge in [0.1, 0.15) is 0 Å². The van der Waals surface area contributed by atoms with Gasteiger partial charge in [-0.2, -0.15) is 0 Å². The molecule has 1 amide bonds. The summed E-state index contributed by atoms with van der Waals surface area (Å²) in [6, 6.07) is 3.75. The summed E-state index contributed by atoms with van der Waals surface area (Å²) < 4.78 is 15.9. The summed E-state index contributed by atoms with van der Waals surface area (Å²) in [5.41, 5.74) is 0.547. The van der Waals surface area contributed by atoms with Crippen LogP contribution in [0, 0.1) is 0 Å². The smallest absolute Gasteiger partial charge is 0.254 e. The molecule has 0 spiro atoms. The van der Waals surface area contributed by atoms with Crippen LogP contribution in [-0.2, 0) is 0 Å². The molecular weight excluding hydrogens is 320 g/mol. The molecule has 0 bridgehead atoms. The first kappa shape index (κ1) is 19.4. The van der Waals surface area contributed by atoms with Crippen LogP contribution < -0.4 is 19.5 Å². The fraction of sp³-hybridized carbons (Fsp3) is 0.562. The molecule has 1 aliphatic rings. The number of hydrogen-bond donors (Lipinski definition) is 1. The third-order valence-corrected chi connectivity index (χ3v) is 4.03. The number of ether oxygens (including phenoxy) is 3. The van der Waals surface area contributed by atoms with Crippen molar-refractivity contribution in [3.63, 3.8) is 0 Å². The van der Waals surface area contributed by atoms with Gasteiger partial charge >= 0.3 is 0 Å². The molecule has 2 rings (SSSR count). The van der Waals surface area contributed by atoms with Crippen LogP contribution in [0.25, 0.3) is 0 Å². The number of benzene rings is 1. The van der Waals surface area contributed by atoms with Gasteiger partial charge in [-0.05, 0) is 32.0 Å². The fourth-order valence-corrected chi connectivity index (χ4v) is 2.78. The number of hydrogen-bond acceptors (Lipinski definition) is 5. The molecule has 1 aliphatic heterocycles. The molecule has 1 unspecified atom stereocenters. The number of nitrogens with zero attached hydrogens (tertiary/aromatic N) is 1. The van der Waals surface area contributed by atoms with Crippen molar-refractivity contribution < 1.29 is 19.0 Å². The highest BCUT2D eigenvalue weighted by atomic mass is 35.5. The molecule has 1 fully saturated rings. The number of likely N-dealkylation sites (N-methyl/N-ethyl adjacent to an activating group) is 1. The zero-order valence-corrected chi connectivity index (χ0v) is 14.9. The van der Waals surface area contributed by atoms with Gasteiger partial charge in [0.2, 0.25) is 5.75 Å². The third-order valence-electron chi connectivity index (χ3n) is 4.03. The van der Waals surface area contributed by atoms with Crippen LogP contribution in [0.15, 0.2) is 12.1 Å². The summed E-state index contributed by atoms with van der Waals surface area (Å²) in [6.07, 6.45) is 2.09. The van der Waals surface area contributed by atoms with Gasteiger partial charge in [-0.3, -0.25) is 4.79 Å². The van der Waals surface area contributed by atoms with Gasteiger partial charge < -0.3 is 24.4 Å². The largest absolute Gasteiger partial charge is 0.493 e. The number of nitrogens with one attached hydrogen (secondary N) is 1. The SMILES string of the molecule is CNC1CCCN(C(=O)c2cc(OC)c(OC)c(OC)c2)C1.Cl. The second kappa shape index (κ2) is 8.84. The number of halogens is 1. The van der Waals surface area contributed by atoms with Gasteiger partial charge in [-0.25, -0.2) is 0 Å². The molecule has 1 aromatic rings. The van der Waals surface area contributed by atoms with E-state index in [2.05, 4.69) is 5.32 Å². The van der Waals surface area contributed by atoms with Gasteiger partial charge in [0.15, 0.2) is 11.5 Å². The molecule has 1 N–H and O–H groups in total. The summed E-state index contributed by atoms with van der Waals surface area (Å²) >= 11 is 0. The topological polar surface area (TPSA) is 60.0 Å². The number of piperidine rings is 1. The van der Waals surface area contributed by atoms with Crippen molar-refractivity contribution in [2.45, 2.75) is 18.9 Å². The van der Waals surface area contributed by atoms with Crippen LogP contribution in [0.5, 0.6) is 17.2 Å². The molecule has 130 valence electrons. The minimum absolute atomic E-state index is 0. The highest BCUT2D eigenvalue weighted by Gasteiger charge is 2.25. The van der Waals surface area contributed by atoms with Gasteiger partial charge in [0.05, 0.1) is 21.3 Å². The van der Waals surface area contributed by atoms with Crippen molar-refractivity contribution in [2.24, 2.45) is 0 Å². The maximum Gasteiger partial charge on any atom is 0.254 e. The zero-order valence-electron chi connectivity index (χ0n) is 14.0. The summed E-state index contributed by atoms with van der Waals surface area (Å²) in [5, 5.41) is 3.24. The molecule has 1 saturated heterocycles. The first-order valence-corrected chi connectivity index (χ1v) is 7.41. The van der Waals surface area contributed by atoms with Crippen molar-refractivity contribution in [3.05, 3.63) is 17.7 Å². The van der Waals surface area contributed by atoms with Gasteiger partial charge in [-0.1, -0.05) is 0 Å². The monoisotopic (exact) mass is 344 g/mol. The number of likely N-dealkylation sites (tertiary alicyclic amines) is 1. The fourth-order valence-electron chi connectivity index (χ4n) is 2.78. The number of carbonyl (C=O) groups is 1. The van der Waals surface area contributed by atoms with E-state index >= 15 is 0 Å². The molecular formula is C16H25ClN2O4. The average molecular weight is 345 g/mol. The van der Waals surface area contributed by atoms with E-state index in [-0.39, 0.29) is 18.3 Å². The van der Waals surface area contributed by atoms with E-state index in [0.29, 0.717) is 35.4 Å². The van der Waals surface area contributed by atoms with E-state index < -0.39 is 0 Å². The average Bonchev–Trinajstić information content (AvgIpc) is 2.59. The summed E-state index contributed by atoms with van der Waals surface area (Å²) in [7, 11) is 6.56. The predicted octanol–water partition coefficient (Wildman–Crippen LogP) is 1.96. The van der Waals surface area contributed by atoms with Crippen LogP contribution in [0.4, 0.5) is 0 Å². The molecule has 1 heterocycles. The van der Waals surface area contributed by atoms with E-state index in [0.717, 1.165) is 19.4 Å². The maximum atomic E-state index is 12.7. The molecule has 0 saturated carbocycles. The Hall–Kier alpha value is -1.66. The Balaban J connectivity index is 0.00000264. The second-order valence-corrected chi connectivity index (χ2v) is 5.29.